The molecule has 0 radical (unpaired) electrons. The van der Waals surface area contributed by atoms with Gasteiger partial charge in [0.1, 0.15) is 11.0 Å². The molecular formula is C17H18N4O2S. The monoisotopic (exact) mass is 342 g/mol. The summed E-state index contributed by atoms with van der Waals surface area (Å²) in [7, 11) is 0. The van der Waals surface area contributed by atoms with Gasteiger partial charge in [-0.1, -0.05) is 48.6 Å². The number of benzene rings is 1. The third kappa shape index (κ3) is 3.05. The fourth-order valence-corrected chi connectivity index (χ4v) is 3.38. The molecule has 0 spiro atoms. The fraction of sp³-hybridized carbons (Fsp3) is 0.353. The van der Waals surface area contributed by atoms with Gasteiger partial charge in [-0.05, 0) is 19.3 Å². The number of aromatic nitrogens is 1. The quantitative estimate of drug-likeness (QED) is 0.875. The van der Waals surface area contributed by atoms with E-state index in [1.165, 1.54) is 11.3 Å². The topological polar surface area (TPSA) is 75.6 Å². The second-order valence-electron chi connectivity index (χ2n) is 5.90. The zero-order chi connectivity index (χ0) is 16.5. The van der Waals surface area contributed by atoms with Crippen LogP contribution in [0.3, 0.4) is 0 Å². The van der Waals surface area contributed by atoms with Crippen molar-refractivity contribution in [3.05, 3.63) is 35.2 Å². The van der Waals surface area contributed by atoms with Crippen molar-refractivity contribution in [3.63, 3.8) is 0 Å². The summed E-state index contributed by atoms with van der Waals surface area (Å²) >= 11 is 1.40. The molecule has 1 aliphatic heterocycles. The predicted octanol–water partition coefficient (Wildman–Crippen LogP) is 3.18. The largest absolute Gasteiger partial charge is 0.385 e. The van der Waals surface area contributed by atoms with E-state index in [-0.39, 0.29) is 18.0 Å². The van der Waals surface area contributed by atoms with Gasteiger partial charge in [-0.3, -0.25) is 4.79 Å². The molecule has 1 atom stereocenters. The molecule has 1 unspecified atom stereocenters. The van der Waals surface area contributed by atoms with Crippen LogP contribution in [-0.2, 0) is 9.63 Å². The third-order valence-corrected chi connectivity index (χ3v) is 4.96. The molecule has 1 amide bonds. The lowest BCUT2D eigenvalue weighted by Gasteiger charge is -2.01. The molecule has 1 aromatic carbocycles. The zero-order valence-corrected chi connectivity index (χ0v) is 14.1. The van der Waals surface area contributed by atoms with Crippen LogP contribution in [0.2, 0.25) is 0 Å². The van der Waals surface area contributed by atoms with Crippen molar-refractivity contribution in [1.82, 2.24) is 10.5 Å². The predicted molar refractivity (Wildman–Crippen MR) is 93.7 cm³/mol. The average Bonchev–Trinajstić information content (AvgIpc) is 3.22. The standard InChI is InChI=1S/C17H18N4O2S/c1-2-12-18-16(23-21-12)14-13(10-6-4-3-5-7-10)19-17(24-14)20-15(22)11-8-9-11/h3-7,11-12,21H,2,8-9H2,1H3,(H,19,20,22). The lowest BCUT2D eigenvalue weighted by molar-refractivity contribution is -0.117. The second kappa shape index (κ2) is 6.33. The van der Waals surface area contributed by atoms with Gasteiger partial charge in [-0.15, -0.1) is 5.48 Å². The highest BCUT2D eigenvalue weighted by atomic mass is 32.1. The molecule has 2 aromatic rings. The molecule has 6 nitrogen and oxygen atoms in total. The molecule has 124 valence electrons. The first kappa shape index (κ1) is 15.3. The maximum atomic E-state index is 12.0. The third-order valence-electron chi connectivity index (χ3n) is 4.00. The lowest BCUT2D eigenvalue weighted by Crippen LogP contribution is -2.20. The molecular weight excluding hydrogens is 324 g/mol. The molecule has 0 saturated heterocycles. The van der Waals surface area contributed by atoms with Gasteiger partial charge in [0, 0.05) is 11.5 Å². The normalized spacial score (nSPS) is 19.7. The molecule has 0 bridgehead atoms. The summed E-state index contributed by atoms with van der Waals surface area (Å²) in [5, 5.41) is 3.51. The number of carbonyl (C=O) groups is 1. The van der Waals surface area contributed by atoms with Crippen LogP contribution in [0, 0.1) is 5.92 Å². The highest BCUT2D eigenvalue weighted by Gasteiger charge is 2.31. The average molecular weight is 342 g/mol. The number of nitrogens with one attached hydrogen (secondary N) is 2. The zero-order valence-electron chi connectivity index (χ0n) is 13.3. The molecule has 4 rings (SSSR count). The van der Waals surface area contributed by atoms with Crippen LogP contribution in [-0.4, -0.2) is 23.0 Å². The van der Waals surface area contributed by atoms with Crippen LogP contribution < -0.4 is 10.8 Å². The van der Waals surface area contributed by atoms with Gasteiger partial charge in [-0.25, -0.2) is 9.98 Å². The van der Waals surface area contributed by atoms with Crippen molar-refractivity contribution in [2.45, 2.75) is 32.4 Å². The van der Waals surface area contributed by atoms with E-state index in [2.05, 4.69) is 20.8 Å². The van der Waals surface area contributed by atoms with E-state index in [0.717, 1.165) is 35.4 Å². The van der Waals surface area contributed by atoms with Crippen LogP contribution in [0.25, 0.3) is 11.3 Å². The molecule has 1 aliphatic carbocycles. The summed E-state index contributed by atoms with van der Waals surface area (Å²) in [5.41, 5.74) is 4.66. The number of amides is 1. The van der Waals surface area contributed by atoms with Crippen LogP contribution in [0.15, 0.2) is 35.3 Å². The summed E-state index contributed by atoms with van der Waals surface area (Å²) < 4.78 is 0. The van der Waals surface area contributed by atoms with Gasteiger partial charge in [0.2, 0.25) is 5.91 Å². The Morgan fingerprint density at radius 1 is 1.38 bits per heavy atom. The maximum Gasteiger partial charge on any atom is 0.254 e. The number of thiazole rings is 1. The van der Waals surface area contributed by atoms with Gasteiger partial charge in [0.15, 0.2) is 5.13 Å². The highest BCUT2D eigenvalue weighted by Crippen LogP contribution is 2.35. The molecule has 24 heavy (non-hydrogen) atoms. The number of hydroxylamine groups is 1. The number of hydrogen-bond donors (Lipinski definition) is 2. The summed E-state index contributed by atoms with van der Waals surface area (Å²) in [6.07, 6.45) is 2.73. The molecule has 2 aliphatic rings. The van der Waals surface area contributed by atoms with E-state index < -0.39 is 0 Å². The first-order valence-electron chi connectivity index (χ1n) is 8.12. The Kier molecular flexibility index (Phi) is 4.03. The van der Waals surface area contributed by atoms with Crippen LogP contribution >= 0.6 is 11.3 Å². The molecule has 1 fully saturated rings. The first-order valence-corrected chi connectivity index (χ1v) is 8.94. The molecule has 1 aromatic heterocycles. The van der Waals surface area contributed by atoms with Gasteiger partial charge in [-0.2, -0.15) is 0 Å². The van der Waals surface area contributed by atoms with Crippen molar-refractivity contribution in [2.24, 2.45) is 10.9 Å². The number of rotatable bonds is 5. The van der Waals surface area contributed by atoms with E-state index in [9.17, 15) is 4.79 Å². The SMILES string of the molecule is CCC1N=C(c2sc(NC(=O)C3CC3)nc2-c2ccccc2)ON1. The minimum atomic E-state index is -0.0461. The van der Waals surface area contributed by atoms with E-state index >= 15 is 0 Å². The molecule has 2 heterocycles. The van der Waals surface area contributed by atoms with E-state index in [0.29, 0.717) is 11.0 Å². The van der Waals surface area contributed by atoms with Crippen molar-refractivity contribution < 1.29 is 9.63 Å². The fourth-order valence-electron chi connectivity index (χ4n) is 2.46. The first-order chi connectivity index (χ1) is 11.7. The maximum absolute atomic E-state index is 12.0. The number of carbonyl (C=O) groups excluding carboxylic acids is 1. The Labute approximate surface area is 143 Å². The molecule has 7 heteroatoms. The van der Waals surface area contributed by atoms with Crippen LogP contribution in [0.1, 0.15) is 31.1 Å². The van der Waals surface area contributed by atoms with Crippen molar-refractivity contribution in [1.29, 1.82) is 0 Å². The minimum absolute atomic E-state index is 0.0461. The van der Waals surface area contributed by atoms with Gasteiger partial charge >= 0.3 is 0 Å². The summed E-state index contributed by atoms with van der Waals surface area (Å²) in [5.74, 6) is 0.725. The molecule has 1 saturated carbocycles. The van der Waals surface area contributed by atoms with Gasteiger partial charge < -0.3 is 10.2 Å². The van der Waals surface area contributed by atoms with Crippen molar-refractivity contribution in [3.8, 4) is 11.3 Å². The number of nitrogens with zero attached hydrogens (tertiary/aromatic N) is 2. The molecule has 2 N–H and O–H groups in total. The van der Waals surface area contributed by atoms with Crippen LogP contribution in [0.5, 0.6) is 0 Å². The Morgan fingerprint density at radius 2 is 2.17 bits per heavy atom. The Morgan fingerprint density at radius 3 is 2.83 bits per heavy atom. The van der Waals surface area contributed by atoms with E-state index in [4.69, 9.17) is 4.84 Å². The highest BCUT2D eigenvalue weighted by molar-refractivity contribution is 7.18. The Bertz CT molecular complexity index is 783. The van der Waals surface area contributed by atoms with E-state index in [1.54, 1.807) is 0 Å². The number of hydrogen-bond acceptors (Lipinski definition) is 6. The van der Waals surface area contributed by atoms with Gasteiger partial charge in [0.25, 0.3) is 5.90 Å². The lowest BCUT2D eigenvalue weighted by atomic mass is 10.1. The second-order valence-corrected chi connectivity index (χ2v) is 6.90. The number of anilines is 1. The van der Waals surface area contributed by atoms with Crippen molar-refractivity contribution >= 4 is 28.3 Å². The summed E-state index contributed by atoms with van der Waals surface area (Å²) in [6, 6.07) is 9.87. The Balaban J connectivity index is 1.70. The van der Waals surface area contributed by atoms with Crippen molar-refractivity contribution in [2.75, 3.05) is 5.32 Å². The minimum Gasteiger partial charge on any atom is -0.385 e. The smallest absolute Gasteiger partial charge is 0.254 e. The number of aliphatic imine (C=N–C) groups is 1. The van der Waals surface area contributed by atoms with Gasteiger partial charge in [0.05, 0.1) is 5.69 Å². The van der Waals surface area contributed by atoms with E-state index in [1.807, 2.05) is 37.3 Å². The summed E-state index contributed by atoms with van der Waals surface area (Å²) in [6.45, 7) is 2.04. The van der Waals surface area contributed by atoms with Crippen LogP contribution in [0.4, 0.5) is 5.13 Å². The Hall–Kier alpha value is -2.25. The summed E-state index contributed by atoms with van der Waals surface area (Å²) in [4.78, 5) is 27.6.